The summed E-state index contributed by atoms with van der Waals surface area (Å²) in [6, 6.07) is -0.154. The molecular formula is C11H21NO3. The minimum absolute atomic E-state index is 0.0188. The molecule has 0 amide bonds. The Labute approximate surface area is 90.7 Å². The number of rotatable bonds is 4. The number of aliphatic hydroxyl groups is 1. The van der Waals surface area contributed by atoms with Crippen molar-refractivity contribution in [3.63, 3.8) is 0 Å². The van der Waals surface area contributed by atoms with Gasteiger partial charge in [-0.1, -0.05) is 25.7 Å². The normalized spacial score (nSPS) is 23.1. The molecule has 0 heterocycles. The highest BCUT2D eigenvalue weighted by Crippen LogP contribution is 2.27. The van der Waals surface area contributed by atoms with Crippen LogP contribution in [0, 0.1) is 0 Å². The molecule has 88 valence electrons. The monoisotopic (exact) mass is 215 g/mol. The third kappa shape index (κ3) is 3.18. The zero-order valence-electron chi connectivity index (χ0n) is 9.33. The Kier molecular flexibility index (Phi) is 4.54. The molecule has 0 spiro atoms. The van der Waals surface area contributed by atoms with Gasteiger partial charge in [-0.25, -0.2) is 0 Å². The number of hydrogen-bond donors (Lipinski definition) is 3. The Morgan fingerprint density at radius 3 is 2.27 bits per heavy atom. The van der Waals surface area contributed by atoms with Crippen LogP contribution in [0.2, 0.25) is 0 Å². The van der Waals surface area contributed by atoms with Crippen molar-refractivity contribution in [1.29, 1.82) is 0 Å². The largest absolute Gasteiger partial charge is 0.480 e. The van der Waals surface area contributed by atoms with E-state index in [1.165, 1.54) is 0 Å². The van der Waals surface area contributed by atoms with Gasteiger partial charge in [0.25, 0.3) is 0 Å². The fraction of sp³-hybridized carbons (Fsp3) is 0.909. The van der Waals surface area contributed by atoms with E-state index < -0.39 is 11.5 Å². The summed E-state index contributed by atoms with van der Waals surface area (Å²) in [6.07, 6.45) is 5.49. The van der Waals surface area contributed by atoms with Crippen LogP contribution >= 0.6 is 0 Å². The van der Waals surface area contributed by atoms with Crippen LogP contribution in [0.5, 0.6) is 0 Å². The molecular weight excluding hydrogens is 194 g/mol. The van der Waals surface area contributed by atoms with Crippen LogP contribution in [-0.2, 0) is 4.79 Å². The van der Waals surface area contributed by atoms with Crippen molar-refractivity contribution in [2.45, 2.75) is 57.0 Å². The predicted octanol–water partition coefficient (Wildman–Crippen LogP) is 1.13. The number of aliphatic carboxylic acids is 1. The van der Waals surface area contributed by atoms with Gasteiger partial charge in [-0.15, -0.1) is 0 Å². The van der Waals surface area contributed by atoms with Crippen molar-refractivity contribution < 1.29 is 15.0 Å². The van der Waals surface area contributed by atoms with Crippen LogP contribution in [0.3, 0.4) is 0 Å². The molecule has 1 rings (SSSR count). The molecule has 4 heteroatoms. The second-order valence-corrected chi connectivity index (χ2v) is 4.53. The molecule has 4 nitrogen and oxygen atoms in total. The van der Waals surface area contributed by atoms with Gasteiger partial charge in [-0.2, -0.15) is 0 Å². The van der Waals surface area contributed by atoms with Crippen LogP contribution in [0.4, 0.5) is 0 Å². The van der Waals surface area contributed by atoms with Gasteiger partial charge in [-0.3, -0.25) is 10.1 Å². The van der Waals surface area contributed by atoms with E-state index in [-0.39, 0.29) is 12.6 Å². The smallest absolute Gasteiger partial charge is 0.323 e. The van der Waals surface area contributed by atoms with Gasteiger partial charge in [0.2, 0.25) is 0 Å². The molecule has 0 aromatic rings. The topological polar surface area (TPSA) is 69.6 Å². The highest BCUT2D eigenvalue weighted by Gasteiger charge is 2.39. The molecule has 0 aromatic carbocycles. The van der Waals surface area contributed by atoms with Crippen LogP contribution in [0.15, 0.2) is 0 Å². The van der Waals surface area contributed by atoms with Gasteiger partial charge in [0.1, 0.15) is 5.54 Å². The number of nitrogens with one attached hydrogen (secondary N) is 1. The van der Waals surface area contributed by atoms with Gasteiger partial charge >= 0.3 is 5.97 Å². The Hall–Kier alpha value is -0.610. The highest BCUT2D eigenvalue weighted by molar-refractivity contribution is 5.78. The number of carboxylic acids is 1. The Morgan fingerprint density at radius 1 is 1.33 bits per heavy atom. The first kappa shape index (κ1) is 12.5. The third-order valence-corrected chi connectivity index (χ3v) is 3.16. The first-order valence-electron chi connectivity index (χ1n) is 5.73. The highest BCUT2D eigenvalue weighted by atomic mass is 16.4. The second kappa shape index (κ2) is 5.47. The molecule has 1 aliphatic rings. The van der Waals surface area contributed by atoms with E-state index in [9.17, 15) is 9.90 Å². The molecule has 0 aromatic heterocycles. The van der Waals surface area contributed by atoms with Gasteiger partial charge in [-0.05, 0) is 19.8 Å². The number of hydrogen-bond acceptors (Lipinski definition) is 3. The molecule has 1 aliphatic carbocycles. The quantitative estimate of drug-likeness (QED) is 0.615. The number of aliphatic hydroxyl groups excluding tert-OH is 1. The summed E-state index contributed by atoms with van der Waals surface area (Å²) in [7, 11) is 0. The minimum Gasteiger partial charge on any atom is -0.480 e. The molecule has 15 heavy (non-hydrogen) atoms. The van der Waals surface area contributed by atoms with Crippen molar-refractivity contribution in [2.24, 2.45) is 0 Å². The lowest BCUT2D eigenvalue weighted by atomic mass is 9.89. The molecule has 0 aliphatic heterocycles. The predicted molar refractivity (Wildman–Crippen MR) is 57.8 cm³/mol. The van der Waals surface area contributed by atoms with E-state index >= 15 is 0 Å². The maximum Gasteiger partial charge on any atom is 0.323 e. The lowest BCUT2D eigenvalue weighted by Gasteiger charge is -2.32. The summed E-state index contributed by atoms with van der Waals surface area (Å²) in [5.74, 6) is -0.773. The molecule has 1 atom stereocenters. The lowest BCUT2D eigenvalue weighted by Crippen LogP contribution is -2.55. The molecule has 3 N–H and O–H groups in total. The van der Waals surface area contributed by atoms with Crippen LogP contribution in [0.1, 0.15) is 45.4 Å². The van der Waals surface area contributed by atoms with Gasteiger partial charge < -0.3 is 10.2 Å². The van der Waals surface area contributed by atoms with Crippen molar-refractivity contribution in [2.75, 3.05) is 6.61 Å². The summed E-state index contributed by atoms with van der Waals surface area (Å²) < 4.78 is 0. The SMILES string of the molecule is CC(CO)NC1(C(=O)O)CCCCCC1. The van der Waals surface area contributed by atoms with Gasteiger partial charge in [0.05, 0.1) is 6.61 Å². The van der Waals surface area contributed by atoms with E-state index in [1.54, 1.807) is 0 Å². The average Bonchev–Trinajstić information content (AvgIpc) is 2.44. The summed E-state index contributed by atoms with van der Waals surface area (Å²) >= 11 is 0. The Morgan fingerprint density at radius 2 is 1.87 bits per heavy atom. The average molecular weight is 215 g/mol. The lowest BCUT2D eigenvalue weighted by molar-refractivity contribution is -0.146. The second-order valence-electron chi connectivity index (χ2n) is 4.53. The molecule has 0 radical (unpaired) electrons. The maximum atomic E-state index is 11.3. The van der Waals surface area contributed by atoms with Crippen molar-refractivity contribution in [3.05, 3.63) is 0 Å². The van der Waals surface area contributed by atoms with E-state index in [4.69, 9.17) is 5.11 Å². The first-order valence-corrected chi connectivity index (χ1v) is 5.73. The fourth-order valence-electron chi connectivity index (χ4n) is 2.27. The number of carbonyl (C=O) groups is 1. The molecule has 1 saturated carbocycles. The van der Waals surface area contributed by atoms with Gasteiger partial charge in [0.15, 0.2) is 0 Å². The molecule has 0 saturated heterocycles. The van der Waals surface area contributed by atoms with Gasteiger partial charge in [0, 0.05) is 6.04 Å². The Balaban J connectivity index is 2.71. The zero-order valence-corrected chi connectivity index (χ0v) is 9.33. The number of carboxylic acid groups (broad SMARTS) is 1. The zero-order chi connectivity index (χ0) is 11.3. The van der Waals surface area contributed by atoms with E-state index in [0.717, 1.165) is 25.7 Å². The van der Waals surface area contributed by atoms with E-state index in [1.807, 2.05) is 6.92 Å². The Bertz CT molecular complexity index is 210. The van der Waals surface area contributed by atoms with Crippen LogP contribution < -0.4 is 5.32 Å². The van der Waals surface area contributed by atoms with Crippen molar-refractivity contribution >= 4 is 5.97 Å². The minimum atomic E-state index is -0.807. The molecule has 0 bridgehead atoms. The fourth-order valence-corrected chi connectivity index (χ4v) is 2.27. The standard InChI is InChI=1S/C11H21NO3/c1-9(8-13)12-11(10(14)15)6-4-2-3-5-7-11/h9,12-13H,2-8H2,1H3,(H,14,15). The first-order chi connectivity index (χ1) is 7.10. The third-order valence-electron chi connectivity index (χ3n) is 3.16. The molecule has 1 unspecified atom stereocenters. The summed E-state index contributed by atoms with van der Waals surface area (Å²) in [4.78, 5) is 11.3. The van der Waals surface area contributed by atoms with E-state index in [0.29, 0.717) is 12.8 Å². The van der Waals surface area contributed by atoms with Crippen molar-refractivity contribution in [1.82, 2.24) is 5.32 Å². The van der Waals surface area contributed by atoms with Crippen LogP contribution in [0.25, 0.3) is 0 Å². The van der Waals surface area contributed by atoms with Crippen molar-refractivity contribution in [3.8, 4) is 0 Å². The summed E-state index contributed by atoms with van der Waals surface area (Å²) in [5, 5.41) is 21.4. The maximum absolute atomic E-state index is 11.3. The molecule has 1 fully saturated rings. The van der Waals surface area contributed by atoms with Crippen LogP contribution in [-0.4, -0.2) is 34.4 Å². The summed E-state index contributed by atoms with van der Waals surface area (Å²) in [5.41, 5.74) is -0.807. The summed E-state index contributed by atoms with van der Waals surface area (Å²) in [6.45, 7) is 1.80. The van der Waals surface area contributed by atoms with E-state index in [2.05, 4.69) is 5.32 Å².